The molecule has 5 nitrogen and oxygen atoms in total. The molecule has 1 atom stereocenters. The summed E-state index contributed by atoms with van der Waals surface area (Å²) in [6.07, 6.45) is 0. The molecule has 0 aliphatic heterocycles. The van der Waals surface area contributed by atoms with Gasteiger partial charge >= 0.3 is 11.8 Å². The molecule has 23 heavy (non-hydrogen) atoms. The second-order valence-corrected chi connectivity index (χ2v) is 5.80. The Labute approximate surface area is 135 Å². The zero-order chi connectivity index (χ0) is 17.0. The molecular formula is C15H14F2N2O3S. The minimum Gasteiger partial charge on any atom is -0.384 e. The smallest absolute Gasteiger partial charge is 0.313 e. The first-order valence-electron chi connectivity index (χ1n) is 6.59. The van der Waals surface area contributed by atoms with E-state index in [2.05, 4.69) is 5.32 Å². The molecule has 1 heterocycles. The van der Waals surface area contributed by atoms with Gasteiger partial charge in [0.2, 0.25) is 0 Å². The number of thiophene rings is 1. The molecule has 2 amide bonds. The predicted octanol–water partition coefficient (Wildman–Crippen LogP) is 1.99. The third kappa shape index (κ3) is 4.11. The van der Waals surface area contributed by atoms with Gasteiger partial charge in [-0.25, -0.2) is 8.78 Å². The lowest BCUT2D eigenvalue weighted by molar-refractivity contribution is -0.136. The van der Waals surface area contributed by atoms with E-state index >= 15 is 0 Å². The van der Waals surface area contributed by atoms with Crippen LogP contribution in [0.2, 0.25) is 0 Å². The van der Waals surface area contributed by atoms with Crippen LogP contribution >= 0.6 is 11.3 Å². The molecule has 122 valence electrons. The van der Waals surface area contributed by atoms with Crippen LogP contribution in [0.25, 0.3) is 0 Å². The van der Waals surface area contributed by atoms with E-state index in [-0.39, 0.29) is 6.54 Å². The maximum Gasteiger partial charge on any atom is 0.313 e. The summed E-state index contributed by atoms with van der Waals surface area (Å²) in [4.78, 5) is 23.4. The Bertz CT molecular complexity index is 718. The fourth-order valence-electron chi connectivity index (χ4n) is 1.79. The standard InChI is InChI=1S/C15H14F2N2O3S/c1-15(22,9-5-6-23-7-9)8-18-13(20)14(21)19-11-4-2-3-10(16)12(11)17/h2-7,22H,8H2,1H3,(H,18,20)(H,19,21). The number of nitrogens with one attached hydrogen (secondary N) is 2. The molecule has 0 radical (unpaired) electrons. The second-order valence-electron chi connectivity index (χ2n) is 5.02. The van der Waals surface area contributed by atoms with Crippen LogP contribution in [0.3, 0.4) is 0 Å². The molecule has 0 aliphatic rings. The van der Waals surface area contributed by atoms with Crippen molar-refractivity contribution < 1.29 is 23.5 Å². The number of benzene rings is 1. The van der Waals surface area contributed by atoms with Gasteiger partial charge in [-0.3, -0.25) is 9.59 Å². The van der Waals surface area contributed by atoms with Gasteiger partial charge in [0.1, 0.15) is 5.60 Å². The van der Waals surface area contributed by atoms with E-state index in [0.717, 1.165) is 12.1 Å². The van der Waals surface area contributed by atoms with Crippen molar-refractivity contribution in [3.8, 4) is 0 Å². The molecule has 2 aromatic rings. The predicted molar refractivity (Wildman–Crippen MR) is 81.9 cm³/mol. The van der Waals surface area contributed by atoms with Crippen LogP contribution in [0.5, 0.6) is 0 Å². The van der Waals surface area contributed by atoms with Crippen molar-refractivity contribution in [1.29, 1.82) is 0 Å². The Morgan fingerprint density at radius 1 is 1.26 bits per heavy atom. The first kappa shape index (κ1) is 17.0. The van der Waals surface area contributed by atoms with Crippen LogP contribution in [0.4, 0.5) is 14.5 Å². The van der Waals surface area contributed by atoms with Crippen LogP contribution < -0.4 is 10.6 Å². The van der Waals surface area contributed by atoms with E-state index in [1.165, 1.54) is 24.3 Å². The minimum atomic E-state index is -1.35. The lowest BCUT2D eigenvalue weighted by atomic mass is 9.99. The molecule has 1 aromatic heterocycles. The van der Waals surface area contributed by atoms with Crippen LogP contribution in [-0.4, -0.2) is 23.5 Å². The molecule has 0 bridgehead atoms. The van der Waals surface area contributed by atoms with E-state index < -0.39 is 34.7 Å². The number of carbonyl (C=O) groups is 2. The molecule has 0 fully saturated rings. The fourth-order valence-corrected chi connectivity index (χ4v) is 2.57. The number of carbonyl (C=O) groups excluding carboxylic acids is 2. The molecule has 8 heteroatoms. The number of hydrogen-bond donors (Lipinski definition) is 3. The van der Waals surface area contributed by atoms with Gasteiger partial charge in [0.25, 0.3) is 0 Å². The lowest BCUT2D eigenvalue weighted by Crippen LogP contribution is -2.43. The zero-order valence-corrected chi connectivity index (χ0v) is 12.9. The summed E-state index contributed by atoms with van der Waals surface area (Å²) in [5, 5.41) is 17.9. The summed E-state index contributed by atoms with van der Waals surface area (Å²) in [5.41, 5.74) is -1.19. The molecule has 1 unspecified atom stereocenters. The third-order valence-corrected chi connectivity index (χ3v) is 3.83. The van der Waals surface area contributed by atoms with E-state index in [4.69, 9.17) is 0 Å². The van der Waals surface area contributed by atoms with Gasteiger partial charge in [-0.15, -0.1) is 0 Å². The van der Waals surface area contributed by atoms with Gasteiger partial charge < -0.3 is 15.7 Å². The van der Waals surface area contributed by atoms with Gasteiger partial charge in [-0.05, 0) is 41.4 Å². The summed E-state index contributed by atoms with van der Waals surface area (Å²) in [6, 6.07) is 4.92. The summed E-state index contributed by atoms with van der Waals surface area (Å²) < 4.78 is 26.5. The Morgan fingerprint density at radius 3 is 2.65 bits per heavy atom. The molecule has 0 aliphatic carbocycles. The second kappa shape index (κ2) is 6.84. The third-order valence-electron chi connectivity index (χ3n) is 3.14. The van der Waals surface area contributed by atoms with Crippen LogP contribution in [0, 0.1) is 11.6 Å². The number of anilines is 1. The fraction of sp³-hybridized carbons (Fsp3) is 0.200. The normalized spacial score (nSPS) is 13.2. The number of amides is 2. The zero-order valence-electron chi connectivity index (χ0n) is 12.1. The number of aliphatic hydroxyl groups is 1. The molecule has 3 N–H and O–H groups in total. The van der Waals surface area contributed by atoms with Gasteiger partial charge in [0.05, 0.1) is 12.2 Å². The van der Waals surface area contributed by atoms with E-state index in [9.17, 15) is 23.5 Å². The van der Waals surface area contributed by atoms with Crippen LogP contribution in [0.15, 0.2) is 35.0 Å². The number of halogens is 2. The SMILES string of the molecule is CC(O)(CNC(=O)C(=O)Nc1cccc(F)c1F)c1ccsc1. The number of hydrogen-bond acceptors (Lipinski definition) is 4. The maximum atomic E-state index is 13.4. The largest absolute Gasteiger partial charge is 0.384 e. The minimum absolute atomic E-state index is 0.207. The monoisotopic (exact) mass is 340 g/mol. The summed E-state index contributed by atoms with van der Waals surface area (Å²) in [7, 11) is 0. The Kier molecular flexibility index (Phi) is 5.07. The first-order chi connectivity index (χ1) is 10.8. The average Bonchev–Trinajstić information content (AvgIpc) is 3.04. The summed E-state index contributed by atoms with van der Waals surface area (Å²) >= 11 is 1.38. The van der Waals surface area contributed by atoms with Gasteiger partial charge in [0.15, 0.2) is 11.6 Å². The molecular weight excluding hydrogens is 326 g/mol. The van der Waals surface area contributed by atoms with Crippen molar-refractivity contribution in [2.45, 2.75) is 12.5 Å². The van der Waals surface area contributed by atoms with Gasteiger partial charge in [-0.2, -0.15) is 11.3 Å². The van der Waals surface area contributed by atoms with Crippen molar-refractivity contribution in [1.82, 2.24) is 5.32 Å². The van der Waals surface area contributed by atoms with E-state index in [1.807, 2.05) is 5.32 Å². The highest BCUT2D eigenvalue weighted by molar-refractivity contribution is 7.08. The average molecular weight is 340 g/mol. The quantitative estimate of drug-likeness (QED) is 0.745. The summed E-state index contributed by atoms with van der Waals surface area (Å²) in [5.74, 6) is -4.61. The lowest BCUT2D eigenvalue weighted by Gasteiger charge is -2.22. The molecule has 0 saturated carbocycles. The maximum absolute atomic E-state index is 13.4. The van der Waals surface area contributed by atoms with Crippen molar-refractivity contribution >= 4 is 28.8 Å². The molecule has 0 saturated heterocycles. The van der Waals surface area contributed by atoms with Crippen molar-refractivity contribution in [3.05, 3.63) is 52.2 Å². The van der Waals surface area contributed by atoms with Crippen molar-refractivity contribution in [2.75, 3.05) is 11.9 Å². The van der Waals surface area contributed by atoms with Gasteiger partial charge in [0, 0.05) is 0 Å². The topological polar surface area (TPSA) is 78.4 Å². The first-order valence-corrected chi connectivity index (χ1v) is 7.54. The Balaban J connectivity index is 1.95. The van der Waals surface area contributed by atoms with E-state index in [0.29, 0.717) is 5.56 Å². The highest BCUT2D eigenvalue weighted by Crippen LogP contribution is 2.22. The Morgan fingerprint density at radius 2 is 2.00 bits per heavy atom. The van der Waals surface area contributed by atoms with Crippen molar-refractivity contribution in [3.63, 3.8) is 0 Å². The van der Waals surface area contributed by atoms with Crippen LogP contribution in [-0.2, 0) is 15.2 Å². The van der Waals surface area contributed by atoms with Gasteiger partial charge in [-0.1, -0.05) is 6.07 Å². The summed E-state index contributed by atoms with van der Waals surface area (Å²) in [6.45, 7) is 1.28. The number of rotatable bonds is 4. The molecule has 2 rings (SSSR count). The highest BCUT2D eigenvalue weighted by Gasteiger charge is 2.26. The van der Waals surface area contributed by atoms with Crippen LogP contribution in [0.1, 0.15) is 12.5 Å². The van der Waals surface area contributed by atoms with Crippen molar-refractivity contribution in [2.24, 2.45) is 0 Å². The molecule has 1 aromatic carbocycles. The van der Waals surface area contributed by atoms with E-state index in [1.54, 1.807) is 16.8 Å². The highest BCUT2D eigenvalue weighted by atomic mass is 32.1. The Hall–Kier alpha value is -2.32. The molecule has 0 spiro atoms.